The largest absolute Gasteiger partial charge is 0.490 e. The molecule has 0 amide bonds. The van der Waals surface area contributed by atoms with Gasteiger partial charge in [-0.2, -0.15) is 5.26 Å². The first-order chi connectivity index (χ1) is 8.62. The van der Waals surface area contributed by atoms with Crippen LogP contribution in [0, 0.1) is 11.3 Å². The second-order valence-corrected chi connectivity index (χ2v) is 4.61. The summed E-state index contributed by atoms with van der Waals surface area (Å²) in [5, 5.41) is 11.9. The molecule has 0 bridgehead atoms. The lowest BCUT2D eigenvalue weighted by Crippen LogP contribution is -2.11. The molecule has 98 valence electrons. The first-order valence-electron chi connectivity index (χ1n) is 5.78. The molecule has 1 N–H and O–H groups in total. The fraction of sp³-hybridized carbons (Fsp3) is 0.462. The Bertz CT molecular complexity index is 443. The highest BCUT2D eigenvalue weighted by molar-refractivity contribution is 9.10. The van der Waals surface area contributed by atoms with Crippen molar-refractivity contribution in [2.45, 2.75) is 26.5 Å². The number of nitrogens with zero attached hydrogens (tertiary/aromatic N) is 1. The predicted octanol–water partition coefficient (Wildman–Crippen LogP) is 2.86. The smallest absolute Gasteiger partial charge is 0.181 e. The van der Waals surface area contributed by atoms with Crippen molar-refractivity contribution in [2.24, 2.45) is 0 Å². The molecule has 5 heteroatoms. The monoisotopic (exact) mass is 312 g/mol. The Morgan fingerprint density at radius 1 is 1.50 bits per heavy atom. The van der Waals surface area contributed by atoms with Crippen LogP contribution in [-0.4, -0.2) is 19.8 Å². The van der Waals surface area contributed by atoms with Crippen LogP contribution in [0.1, 0.15) is 19.4 Å². The Labute approximate surface area is 116 Å². The molecule has 0 heterocycles. The van der Waals surface area contributed by atoms with Crippen molar-refractivity contribution >= 4 is 15.9 Å². The van der Waals surface area contributed by atoms with E-state index in [1.807, 2.05) is 32.2 Å². The molecule has 0 aliphatic heterocycles. The maximum Gasteiger partial charge on any atom is 0.181 e. The highest BCUT2D eigenvalue weighted by atomic mass is 79.9. The number of halogens is 1. The Kier molecular flexibility index (Phi) is 5.96. The van der Waals surface area contributed by atoms with Crippen molar-refractivity contribution in [3.05, 3.63) is 22.2 Å². The summed E-state index contributed by atoms with van der Waals surface area (Å²) in [4.78, 5) is 0. The van der Waals surface area contributed by atoms with E-state index in [9.17, 15) is 0 Å². The molecule has 0 saturated carbocycles. The third kappa shape index (κ3) is 3.90. The number of rotatable bonds is 6. The minimum atomic E-state index is -0.518. The molecular weight excluding hydrogens is 296 g/mol. The molecule has 4 nitrogen and oxygen atoms in total. The number of nitriles is 1. The summed E-state index contributed by atoms with van der Waals surface area (Å²) in [7, 11) is 1.89. The lowest BCUT2D eigenvalue weighted by molar-refractivity contribution is 0.248. The van der Waals surface area contributed by atoms with Crippen LogP contribution in [0.4, 0.5) is 0 Å². The molecule has 0 fully saturated rings. The zero-order valence-corrected chi connectivity index (χ0v) is 12.4. The van der Waals surface area contributed by atoms with E-state index in [0.717, 1.165) is 16.6 Å². The Hall–Kier alpha value is -1.25. The first-order valence-corrected chi connectivity index (χ1v) is 6.57. The summed E-state index contributed by atoms with van der Waals surface area (Å²) >= 11 is 3.45. The molecule has 1 aromatic rings. The first kappa shape index (κ1) is 14.8. The van der Waals surface area contributed by atoms with Gasteiger partial charge in [0.05, 0.1) is 11.1 Å². The lowest BCUT2D eigenvalue weighted by Gasteiger charge is -2.16. The molecule has 0 aliphatic carbocycles. The van der Waals surface area contributed by atoms with Gasteiger partial charge < -0.3 is 14.8 Å². The van der Waals surface area contributed by atoms with Crippen LogP contribution in [0.5, 0.6) is 11.5 Å². The number of benzene rings is 1. The van der Waals surface area contributed by atoms with Crippen LogP contribution in [-0.2, 0) is 6.54 Å². The van der Waals surface area contributed by atoms with Crippen molar-refractivity contribution in [1.82, 2.24) is 5.32 Å². The Morgan fingerprint density at radius 2 is 2.22 bits per heavy atom. The molecular formula is C13H17BrN2O2. The fourth-order valence-electron chi connectivity index (χ4n) is 1.51. The minimum absolute atomic E-state index is 0.518. The van der Waals surface area contributed by atoms with Crippen molar-refractivity contribution in [2.75, 3.05) is 13.7 Å². The van der Waals surface area contributed by atoms with Crippen LogP contribution in [0.25, 0.3) is 0 Å². The molecule has 0 aliphatic rings. The van der Waals surface area contributed by atoms with Gasteiger partial charge in [0.1, 0.15) is 6.07 Å². The van der Waals surface area contributed by atoms with Gasteiger partial charge in [-0.3, -0.25) is 0 Å². The van der Waals surface area contributed by atoms with Gasteiger partial charge in [-0.15, -0.1) is 0 Å². The molecule has 0 radical (unpaired) electrons. The molecule has 1 atom stereocenters. The lowest BCUT2D eigenvalue weighted by atomic mass is 10.2. The summed E-state index contributed by atoms with van der Waals surface area (Å²) in [6, 6.07) is 5.92. The van der Waals surface area contributed by atoms with Crippen LogP contribution >= 0.6 is 15.9 Å². The number of hydrogen-bond acceptors (Lipinski definition) is 4. The molecule has 0 aromatic heterocycles. The van der Waals surface area contributed by atoms with E-state index in [4.69, 9.17) is 14.7 Å². The fourth-order valence-corrected chi connectivity index (χ4v) is 2.09. The van der Waals surface area contributed by atoms with Crippen molar-refractivity contribution < 1.29 is 9.47 Å². The molecule has 0 spiro atoms. The summed E-state index contributed by atoms with van der Waals surface area (Å²) < 4.78 is 11.9. The highest BCUT2D eigenvalue weighted by Gasteiger charge is 2.14. The van der Waals surface area contributed by atoms with E-state index in [1.165, 1.54) is 0 Å². The van der Waals surface area contributed by atoms with Gasteiger partial charge in [-0.1, -0.05) is 0 Å². The van der Waals surface area contributed by atoms with Crippen molar-refractivity contribution in [3.8, 4) is 17.6 Å². The molecule has 0 saturated heterocycles. The van der Waals surface area contributed by atoms with Crippen LogP contribution in [0.3, 0.4) is 0 Å². The quantitative estimate of drug-likeness (QED) is 0.877. The molecule has 1 rings (SSSR count). The second-order valence-electron chi connectivity index (χ2n) is 3.76. The van der Waals surface area contributed by atoms with E-state index in [0.29, 0.717) is 18.1 Å². The van der Waals surface area contributed by atoms with Gasteiger partial charge in [-0.05, 0) is 54.5 Å². The van der Waals surface area contributed by atoms with Gasteiger partial charge in [0.2, 0.25) is 0 Å². The van der Waals surface area contributed by atoms with Gasteiger partial charge in [0.25, 0.3) is 0 Å². The third-order valence-electron chi connectivity index (χ3n) is 2.23. The standard InChI is InChI=1S/C13H17BrN2O2/c1-4-17-12-6-10(8-16-3)5-11(14)13(12)18-9(2)7-15/h5-6,9,16H,4,8H2,1-3H3. The predicted molar refractivity (Wildman–Crippen MR) is 73.8 cm³/mol. The van der Waals surface area contributed by atoms with Crippen molar-refractivity contribution in [3.63, 3.8) is 0 Å². The number of nitrogens with one attached hydrogen (secondary N) is 1. The maximum atomic E-state index is 8.81. The van der Waals surface area contributed by atoms with Crippen molar-refractivity contribution in [1.29, 1.82) is 5.26 Å². The van der Waals surface area contributed by atoms with E-state index < -0.39 is 6.10 Å². The Morgan fingerprint density at radius 3 is 2.78 bits per heavy atom. The second kappa shape index (κ2) is 7.24. The number of hydrogen-bond donors (Lipinski definition) is 1. The zero-order chi connectivity index (χ0) is 13.5. The average molecular weight is 313 g/mol. The third-order valence-corrected chi connectivity index (χ3v) is 2.82. The molecule has 18 heavy (non-hydrogen) atoms. The SMILES string of the molecule is CCOc1cc(CNC)cc(Br)c1OC(C)C#N. The zero-order valence-electron chi connectivity index (χ0n) is 10.8. The summed E-state index contributed by atoms with van der Waals surface area (Å²) in [6.45, 7) is 4.90. The summed E-state index contributed by atoms with van der Waals surface area (Å²) in [6.07, 6.45) is -0.518. The van der Waals surface area contributed by atoms with Gasteiger partial charge >= 0.3 is 0 Å². The average Bonchev–Trinajstić information content (AvgIpc) is 2.34. The van der Waals surface area contributed by atoms with Crippen LogP contribution in [0.2, 0.25) is 0 Å². The molecule has 1 aromatic carbocycles. The Balaban J connectivity index is 3.10. The normalized spacial score (nSPS) is 11.7. The maximum absolute atomic E-state index is 8.81. The molecule has 1 unspecified atom stereocenters. The topological polar surface area (TPSA) is 54.3 Å². The van der Waals surface area contributed by atoms with Crippen LogP contribution < -0.4 is 14.8 Å². The number of ether oxygens (including phenoxy) is 2. The van der Waals surface area contributed by atoms with Crippen LogP contribution in [0.15, 0.2) is 16.6 Å². The van der Waals surface area contributed by atoms with Gasteiger partial charge in [-0.25, -0.2) is 0 Å². The minimum Gasteiger partial charge on any atom is -0.490 e. The van der Waals surface area contributed by atoms with E-state index in [-0.39, 0.29) is 0 Å². The van der Waals surface area contributed by atoms with E-state index >= 15 is 0 Å². The highest BCUT2D eigenvalue weighted by Crippen LogP contribution is 2.37. The van der Waals surface area contributed by atoms with Gasteiger partial charge in [0, 0.05) is 6.54 Å². The van der Waals surface area contributed by atoms with Gasteiger partial charge in [0.15, 0.2) is 17.6 Å². The van der Waals surface area contributed by atoms with E-state index in [1.54, 1.807) is 6.92 Å². The van der Waals surface area contributed by atoms with E-state index in [2.05, 4.69) is 21.2 Å². The summed E-state index contributed by atoms with van der Waals surface area (Å²) in [5.74, 6) is 1.23. The summed E-state index contributed by atoms with van der Waals surface area (Å²) in [5.41, 5.74) is 1.09.